The van der Waals surface area contributed by atoms with Gasteiger partial charge in [0, 0.05) is 18.8 Å². The van der Waals surface area contributed by atoms with E-state index in [1.54, 1.807) is 24.3 Å². The van der Waals surface area contributed by atoms with Gasteiger partial charge in [0.25, 0.3) is 5.91 Å². The first-order valence-electron chi connectivity index (χ1n) is 10.8. The number of benzene rings is 2. The van der Waals surface area contributed by atoms with E-state index in [-0.39, 0.29) is 10.5 Å². The zero-order valence-electron chi connectivity index (χ0n) is 18.5. The minimum Gasteiger partial charge on any atom is -0.449 e. The van der Waals surface area contributed by atoms with Crippen molar-refractivity contribution < 1.29 is 22.7 Å². The number of piperidine rings is 1. The predicted octanol–water partition coefficient (Wildman–Crippen LogP) is 2.02. The number of nitrogens with zero attached hydrogens (tertiary/aromatic N) is 5. The van der Waals surface area contributed by atoms with Gasteiger partial charge >= 0.3 is 5.97 Å². The summed E-state index contributed by atoms with van der Waals surface area (Å²) in [6, 6.07) is 12.3. The molecular weight excluding hydrogens is 460 g/mol. The lowest BCUT2D eigenvalue weighted by Crippen LogP contribution is -2.35. The monoisotopic (exact) mass is 484 g/mol. The van der Waals surface area contributed by atoms with E-state index in [9.17, 15) is 18.0 Å². The van der Waals surface area contributed by atoms with Crippen LogP contribution in [-0.2, 0) is 19.6 Å². The summed E-state index contributed by atoms with van der Waals surface area (Å²) >= 11 is 0. The third-order valence-electron chi connectivity index (χ3n) is 5.44. The fourth-order valence-electron chi connectivity index (χ4n) is 3.52. The summed E-state index contributed by atoms with van der Waals surface area (Å²) < 4.78 is 33.7. The number of sulfonamides is 1. The fourth-order valence-corrected chi connectivity index (χ4v) is 5.04. The third-order valence-corrected chi connectivity index (χ3v) is 7.36. The number of tetrazole rings is 1. The molecule has 1 saturated heterocycles. The van der Waals surface area contributed by atoms with Crippen molar-refractivity contribution in [1.29, 1.82) is 0 Å². The quantitative estimate of drug-likeness (QED) is 0.503. The Bertz CT molecular complexity index is 1240. The Morgan fingerprint density at radius 3 is 2.29 bits per heavy atom. The lowest BCUT2D eigenvalue weighted by atomic mass is 10.2. The molecule has 1 aliphatic heterocycles. The van der Waals surface area contributed by atoms with Crippen molar-refractivity contribution in [3.8, 4) is 5.69 Å². The molecule has 12 heteroatoms. The van der Waals surface area contributed by atoms with Gasteiger partial charge in [-0.3, -0.25) is 4.79 Å². The molecule has 0 aliphatic carbocycles. The summed E-state index contributed by atoms with van der Waals surface area (Å²) in [5.41, 5.74) is 1.33. The number of hydrogen-bond acceptors (Lipinski definition) is 8. The highest BCUT2D eigenvalue weighted by Gasteiger charge is 2.26. The van der Waals surface area contributed by atoms with Crippen LogP contribution in [0.25, 0.3) is 5.69 Å². The molecule has 1 fully saturated rings. The number of carbonyl (C=O) groups excluding carboxylic acids is 2. The number of aromatic nitrogens is 4. The molecule has 0 bridgehead atoms. The Hall–Kier alpha value is -3.64. The van der Waals surface area contributed by atoms with Crippen LogP contribution in [0.1, 0.15) is 36.5 Å². The predicted molar refractivity (Wildman–Crippen MR) is 122 cm³/mol. The van der Waals surface area contributed by atoms with Crippen LogP contribution in [-0.4, -0.2) is 64.0 Å². The summed E-state index contributed by atoms with van der Waals surface area (Å²) in [5.74, 6) is -1.20. The van der Waals surface area contributed by atoms with Crippen molar-refractivity contribution in [2.75, 3.05) is 18.4 Å². The Morgan fingerprint density at radius 1 is 1.00 bits per heavy atom. The summed E-state index contributed by atoms with van der Waals surface area (Å²) in [7, 11) is -3.55. The molecule has 1 aromatic heterocycles. The molecule has 4 rings (SSSR count). The lowest BCUT2D eigenvalue weighted by Gasteiger charge is -2.25. The molecule has 0 spiro atoms. The highest BCUT2D eigenvalue weighted by atomic mass is 32.2. The Labute approximate surface area is 196 Å². The van der Waals surface area contributed by atoms with Crippen LogP contribution in [0.2, 0.25) is 0 Å². The van der Waals surface area contributed by atoms with Gasteiger partial charge in [-0.05, 0) is 78.7 Å². The molecule has 11 nitrogen and oxygen atoms in total. The van der Waals surface area contributed by atoms with E-state index in [2.05, 4.69) is 20.8 Å². The van der Waals surface area contributed by atoms with Gasteiger partial charge in [-0.15, -0.1) is 5.10 Å². The summed E-state index contributed by atoms with van der Waals surface area (Å²) in [6.07, 6.45) is 3.10. The van der Waals surface area contributed by atoms with Crippen molar-refractivity contribution in [3.05, 3.63) is 60.4 Å². The number of carbonyl (C=O) groups is 2. The molecule has 0 radical (unpaired) electrons. The second-order valence-electron chi connectivity index (χ2n) is 7.83. The average Bonchev–Trinajstić information content (AvgIpc) is 3.40. The van der Waals surface area contributed by atoms with Crippen LogP contribution in [0.3, 0.4) is 0 Å². The zero-order chi connectivity index (χ0) is 24.1. The number of anilines is 1. The van der Waals surface area contributed by atoms with Crippen LogP contribution in [0.15, 0.2) is 59.8 Å². The van der Waals surface area contributed by atoms with Crippen LogP contribution >= 0.6 is 0 Å². The van der Waals surface area contributed by atoms with Gasteiger partial charge in [-0.2, -0.15) is 4.31 Å². The molecule has 0 saturated carbocycles. The zero-order valence-corrected chi connectivity index (χ0v) is 19.3. The SMILES string of the molecule is C[C@H](OC(=O)c1ccc(-n2cnnn2)cc1)C(=O)Nc1ccc(S(=O)(=O)N2CCCCC2)cc1. The molecule has 2 heterocycles. The number of ether oxygens (including phenoxy) is 1. The van der Waals surface area contributed by atoms with Gasteiger partial charge < -0.3 is 10.1 Å². The maximum absolute atomic E-state index is 12.7. The van der Waals surface area contributed by atoms with E-state index >= 15 is 0 Å². The third kappa shape index (κ3) is 5.29. The second-order valence-corrected chi connectivity index (χ2v) is 9.77. The topological polar surface area (TPSA) is 136 Å². The van der Waals surface area contributed by atoms with Crippen LogP contribution < -0.4 is 5.32 Å². The van der Waals surface area contributed by atoms with Gasteiger partial charge in [0.1, 0.15) is 6.33 Å². The Morgan fingerprint density at radius 2 is 1.68 bits per heavy atom. The number of amides is 1. The highest BCUT2D eigenvalue weighted by molar-refractivity contribution is 7.89. The minimum atomic E-state index is -3.55. The molecule has 2 aromatic carbocycles. The largest absolute Gasteiger partial charge is 0.449 e. The number of esters is 1. The van der Waals surface area contributed by atoms with Crippen LogP contribution in [0.5, 0.6) is 0 Å². The van der Waals surface area contributed by atoms with Crippen molar-refractivity contribution in [3.63, 3.8) is 0 Å². The van der Waals surface area contributed by atoms with Crippen molar-refractivity contribution in [2.24, 2.45) is 0 Å². The number of nitrogens with one attached hydrogen (secondary N) is 1. The molecule has 3 aromatic rings. The van der Waals surface area contributed by atoms with E-state index < -0.39 is 28.0 Å². The molecule has 178 valence electrons. The van der Waals surface area contributed by atoms with Crippen molar-refractivity contribution in [2.45, 2.75) is 37.2 Å². The van der Waals surface area contributed by atoms with Crippen molar-refractivity contribution in [1.82, 2.24) is 24.5 Å². The van der Waals surface area contributed by atoms with Gasteiger partial charge in [0.05, 0.1) is 16.1 Å². The standard InChI is InChI=1S/C22H24N6O5S/c1-16(33-22(30)17-5-9-19(10-6-17)28-15-23-25-26-28)21(29)24-18-7-11-20(12-8-18)34(31,32)27-13-3-2-4-14-27/h5-12,15-16H,2-4,13-14H2,1H3,(H,24,29)/t16-/m0/s1. The molecule has 1 amide bonds. The van der Waals surface area contributed by atoms with E-state index in [1.807, 2.05) is 0 Å². The highest BCUT2D eigenvalue weighted by Crippen LogP contribution is 2.22. The first-order chi connectivity index (χ1) is 16.3. The summed E-state index contributed by atoms with van der Waals surface area (Å²) in [4.78, 5) is 25.0. The average molecular weight is 485 g/mol. The van der Waals surface area contributed by atoms with Gasteiger partial charge in [-0.1, -0.05) is 6.42 Å². The van der Waals surface area contributed by atoms with E-state index in [4.69, 9.17) is 4.74 Å². The van der Waals surface area contributed by atoms with Crippen LogP contribution in [0, 0.1) is 0 Å². The fraction of sp³-hybridized carbons (Fsp3) is 0.318. The maximum atomic E-state index is 12.7. The Balaban J connectivity index is 1.33. The molecule has 34 heavy (non-hydrogen) atoms. The molecule has 1 aliphatic rings. The van der Waals surface area contributed by atoms with E-state index in [0.717, 1.165) is 19.3 Å². The molecule has 1 atom stereocenters. The summed E-state index contributed by atoms with van der Waals surface area (Å²) in [5, 5.41) is 13.5. The minimum absolute atomic E-state index is 0.178. The molecular formula is C22H24N6O5S. The van der Waals surface area contributed by atoms with Gasteiger partial charge in [0.15, 0.2) is 6.10 Å². The lowest BCUT2D eigenvalue weighted by molar-refractivity contribution is -0.123. The van der Waals surface area contributed by atoms with Crippen LogP contribution in [0.4, 0.5) is 5.69 Å². The van der Waals surface area contributed by atoms with E-state index in [0.29, 0.717) is 24.5 Å². The van der Waals surface area contributed by atoms with E-state index in [1.165, 1.54) is 46.5 Å². The normalized spacial score (nSPS) is 15.4. The molecule has 1 N–H and O–H groups in total. The molecule has 0 unspecified atom stereocenters. The smallest absolute Gasteiger partial charge is 0.338 e. The number of hydrogen-bond donors (Lipinski definition) is 1. The first-order valence-corrected chi connectivity index (χ1v) is 12.2. The Kier molecular flexibility index (Phi) is 6.98. The second kappa shape index (κ2) is 10.1. The van der Waals surface area contributed by atoms with Gasteiger partial charge in [-0.25, -0.2) is 17.9 Å². The number of rotatable bonds is 7. The first kappa shape index (κ1) is 23.5. The maximum Gasteiger partial charge on any atom is 0.338 e. The van der Waals surface area contributed by atoms with Gasteiger partial charge in [0.2, 0.25) is 10.0 Å². The summed E-state index contributed by atoms with van der Waals surface area (Å²) in [6.45, 7) is 2.49. The van der Waals surface area contributed by atoms with Crippen molar-refractivity contribution >= 4 is 27.6 Å².